The number of benzene rings is 2. The van der Waals surface area contributed by atoms with E-state index in [-0.39, 0.29) is 4.90 Å². The number of piperidine rings is 1. The Labute approximate surface area is 163 Å². The molecule has 1 amide bonds. The Kier molecular flexibility index (Phi) is 4.05. The van der Waals surface area contributed by atoms with Gasteiger partial charge in [-0.3, -0.25) is 4.79 Å². The van der Waals surface area contributed by atoms with Gasteiger partial charge in [0.15, 0.2) is 20.8 Å². The van der Waals surface area contributed by atoms with Gasteiger partial charge >= 0.3 is 0 Å². The molecule has 2 bridgehead atoms. The van der Waals surface area contributed by atoms with Crippen LogP contribution in [0, 0.1) is 6.92 Å². The number of hydrogen-bond acceptors (Lipinski definition) is 4. The molecular formula is C20H20ClNO4S. The van der Waals surface area contributed by atoms with Gasteiger partial charge in [-0.05, 0) is 44.2 Å². The minimum atomic E-state index is -3.88. The average molecular weight is 406 g/mol. The Morgan fingerprint density at radius 1 is 1.19 bits per heavy atom. The first-order chi connectivity index (χ1) is 12.6. The first kappa shape index (κ1) is 18.3. The number of carbonyl (C=O) groups is 1. The van der Waals surface area contributed by atoms with E-state index in [2.05, 4.69) is 0 Å². The third-order valence-electron chi connectivity index (χ3n) is 5.63. The normalized spacial score (nSPS) is 27.1. The summed E-state index contributed by atoms with van der Waals surface area (Å²) in [6.45, 7) is 3.70. The zero-order valence-corrected chi connectivity index (χ0v) is 16.8. The number of likely N-dealkylation sites (tertiary alicyclic amines) is 1. The van der Waals surface area contributed by atoms with Crippen LogP contribution in [0.25, 0.3) is 0 Å². The number of halogens is 1. The van der Waals surface area contributed by atoms with Gasteiger partial charge in [0.05, 0.1) is 4.90 Å². The van der Waals surface area contributed by atoms with Crippen molar-refractivity contribution in [1.29, 1.82) is 0 Å². The number of ether oxygens (including phenoxy) is 1. The van der Waals surface area contributed by atoms with Crippen molar-refractivity contribution in [3.63, 3.8) is 0 Å². The van der Waals surface area contributed by atoms with E-state index < -0.39 is 32.6 Å². The number of fused-ring (bicyclic) bond motifs is 4. The monoisotopic (exact) mass is 405 g/mol. The second kappa shape index (κ2) is 5.97. The van der Waals surface area contributed by atoms with Crippen LogP contribution >= 0.6 is 11.6 Å². The van der Waals surface area contributed by atoms with E-state index in [1.165, 1.54) is 4.90 Å². The number of nitrogens with zero attached hydrogens (tertiary/aromatic N) is 1. The predicted octanol–water partition coefficient (Wildman–Crippen LogP) is 3.55. The molecule has 2 aromatic rings. The summed E-state index contributed by atoms with van der Waals surface area (Å²) in [5, 5.41) is -0.724. The zero-order chi connectivity index (χ0) is 19.6. The minimum Gasteiger partial charge on any atom is -0.468 e. The maximum atomic E-state index is 13.4. The number of sulfone groups is 1. The van der Waals surface area contributed by atoms with Gasteiger partial charge in [-0.25, -0.2) is 8.42 Å². The second-order valence-corrected chi connectivity index (χ2v) is 9.95. The summed E-state index contributed by atoms with van der Waals surface area (Å²) in [5.41, 5.74) is 0.737. The molecule has 27 heavy (non-hydrogen) atoms. The fourth-order valence-electron chi connectivity index (χ4n) is 3.99. The molecule has 1 fully saturated rings. The molecule has 7 heteroatoms. The van der Waals surface area contributed by atoms with Crippen LogP contribution in [-0.2, 0) is 14.6 Å². The SMILES string of the molecule is Cc1ccc(S(=O)(=O)[C@@H]2C(=O)N(C)[C@@]3(C)C[C@H]2c2cc(Cl)ccc2O3)cc1. The lowest BCUT2D eigenvalue weighted by atomic mass is 9.80. The van der Waals surface area contributed by atoms with Crippen molar-refractivity contribution < 1.29 is 17.9 Å². The number of rotatable bonds is 2. The number of hydrogen-bond donors (Lipinski definition) is 0. The van der Waals surface area contributed by atoms with Gasteiger partial charge in [-0.1, -0.05) is 29.3 Å². The van der Waals surface area contributed by atoms with Gasteiger partial charge in [0.1, 0.15) is 5.75 Å². The Hall–Kier alpha value is -2.05. The van der Waals surface area contributed by atoms with E-state index in [4.69, 9.17) is 16.3 Å². The molecule has 0 aromatic heterocycles. The Bertz CT molecular complexity index is 1030. The zero-order valence-electron chi connectivity index (χ0n) is 15.3. The first-order valence-corrected chi connectivity index (χ1v) is 10.6. The summed E-state index contributed by atoms with van der Waals surface area (Å²) < 4.78 is 32.9. The van der Waals surface area contributed by atoms with Gasteiger partial charge in [-0.2, -0.15) is 0 Å². The average Bonchev–Trinajstić information content (AvgIpc) is 2.61. The Balaban J connectivity index is 1.90. The molecule has 2 aliphatic heterocycles. The van der Waals surface area contributed by atoms with E-state index in [1.54, 1.807) is 49.5 Å². The molecule has 2 heterocycles. The quantitative estimate of drug-likeness (QED) is 0.766. The summed E-state index contributed by atoms with van der Waals surface area (Å²) in [6, 6.07) is 11.7. The topological polar surface area (TPSA) is 63.7 Å². The maximum Gasteiger partial charge on any atom is 0.244 e. The van der Waals surface area contributed by atoms with Crippen molar-refractivity contribution in [3.8, 4) is 5.75 Å². The van der Waals surface area contributed by atoms with Crippen LogP contribution in [0.3, 0.4) is 0 Å². The van der Waals surface area contributed by atoms with E-state index in [1.807, 2.05) is 13.8 Å². The van der Waals surface area contributed by atoms with Crippen LogP contribution in [-0.4, -0.2) is 37.2 Å². The molecule has 5 nitrogen and oxygen atoms in total. The molecule has 0 spiro atoms. The van der Waals surface area contributed by atoms with Crippen molar-refractivity contribution in [1.82, 2.24) is 4.90 Å². The molecule has 0 unspecified atom stereocenters. The van der Waals surface area contributed by atoms with Crippen molar-refractivity contribution in [2.45, 2.75) is 42.1 Å². The fraction of sp³-hybridized carbons (Fsp3) is 0.350. The number of carbonyl (C=O) groups excluding carboxylic acids is 1. The lowest BCUT2D eigenvalue weighted by Crippen LogP contribution is -2.64. The van der Waals surface area contributed by atoms with Gasteiger partial charge in [0.2, 0.25) is 5.91 Å². The largest absolute Gasteiger partial charge is 0.468 e. The highest BCUT2D eigenvalue weighted by Crippen LogP contribution is 2.50. The van der Waals surface area contributed by atoms with Crippen molar-refractivity contribution in [3.05, 3.63) is 58.6 Å². The third kappa shape index (κ3) is 2.74. The maximum absolute atomic E-state index is 13.4. The summed E-state index contributed by atoms with van der Waals surface area (Å²) in [6.07, 6.45) is 0.387. The Morgan fingerprint density at radius 2 is 1.85 bits per heavy atom. The lowest BCUT2D eigenvalue weighted by molar-refractivity contribution is -0.159. The van der Waals surface area contributed by atoms with Gasteiger partial charge in [-0.15, -0.1) is 0 Å². The highest BCUT2D eigenvalue weighted by molar-refractivity contribution is 7.92. The predicted molar refractivity (Wildman–Crippen MR) is 103 cm³/mol. The highest BCUT2D eigenvalue weighted by atomic mass is 35.5. The molecule has 142 valence electrons. The van der Waals surface area contributed by atoms with Crippen LogP contribution in [0.5, 0.6) is 5.75 Å². The van der Waals surface area contributed by atoms with Gasteiger partial charge < -0.3 is 9.64 Å². The van der Waals surface area contributed by atoms with Crippen molar-refractivity contribution >= 4 is 27.3 Å². The van der Waals surface area contributed by atoms with Crippen molar-refractivity contribution in [2.24, 2.45) is 0 Å². The minimum absolute atomic E-state index is 0.151. The highest BCUT2D eigenvalue weighted by Gasteiger charge is 2.57. The van der Waals surface area contributed by atoms with E-state index in [0.29, 0.717) is 22.8 Å². The molecular weight excluding hydrogens is 386 g/mol. The molecule has 0 aliphatic carbocycles. The van der Waals surface area contributed by atoms with Crippen molar-refractivity contribution in [2.75, 3.05) is 7.05 Å². The van der Waals surface area contributed by atoms with E-state index in [0.717, 1.165) is 5.56 Å². The van der Waals surface area contributed by atoms with Crippen LogP contribution in [0.1, 0.15) is 30.4 Å². The van der Waals surface area contributed by atoms with Crippen LogP contribution in [0.15, 0.2) is 47.4 Å². The summed E-state index contributed by atoms with van der Waals surface area (Å²) >= 11 is 6.15. The Morgan fingerprint density at radius 3 is 2.52 bits per heavy atom. The number of amides is 1. The van der Waals surface area contributed by atoms with E-state index in [9.17, 15) is 13.2 Å². The van der Waals surface area contributed by atoms with Gasteiger partial charge in [0, 0.05) is 30.0 Å². The molecule has 0 radical (unpaired) electrons. The van der Waals surface area contributed by atoms with Gasteiger partial charge in [0.25, 0.3) is 0 Å². The second-order valence-electron chi connectivity index (χ2n) is 7.45. The third-order valence-corrected chi connectivity index (χ3v) is 8.00. The standard InChI is InChI=1S/C20H20ClNO4S/c1-12-4-7-14(8-5-12)27(24,25)18-16-11-20(2,22(3)19(18)23)26-17-9-6-13(21)10-15(16)17/h4-10,16,18H,11H2,1-3H3/t16-,18-,20+/m0/s1. The summed E-state index contributed by atoms with van der Waals surface area (Å²) in [4.78, 5) is 14.7. The molecule has 0 N–H and O–H groups in total. The lowest BCUT2D eigenvalue weighted by Gasteiger charge is -2.51. The molecule has 1 saturated heterocycles. The van der Waals surface area contributed by atoms with Crippen LogP contribution < -0.4 is 4.74 Å². The molecule has 2 aromatic carbocycles. The molecule has 3 atom stereocenters. The number of aryl methyl sites for hydroxylation is 1. The first-order valence-electron chi connectivity index (χ1n) is 8.70. The summed E-state index contributed by atoms with van der Waals surface area (Å²) in [5.74, 6) is -0.408. The van der Waals surface area contributed by atoms with Crippen LogP contribution in [0.4, 0.5) is 0 Å². The van der Waals surface area contributed by atoms with E-state index >= 15 is 0 Å². The summed E-state index contributed by atoms with van der Waals surface area (Å²) in [7, 11) is -2.29. The van der Waals surface area contributed by atoms with Crippen LogP contribution in [0.2, 0.25) is 5.02 Å². The smallest absolute Gasteiger partial charge is 0.244 e. The molecule has 4 rings (SSSR count). The molecule has 0 saturated carbocycles. The fourth-order valence-corrected chi connectivity index (χ4v) is 6.08. The molecule has 2 aliphatic rings.